The van der Waals surface area contributed by atoms with Crippen molar-refractivity contribution in [1.82, 2.24) is 20.4 Å². The number of H-pyrrole nitrogens is 1. The van der Waals surface area contributed by atoms with E-state index in [1.54, 1.807) is 6.07 Å². The van der Waals surface area contributed by atoms with Crippen molar-refractivity contribution in [3.63, 3.8) is 0 Å². The molecule has 0 fully saturated rings. The highest BCUT2D eigenvalue weighted by Gasteiger charge is 2.16. The van der Waals surface area contributed by atoms with Gasteiger partial charge in [0, 0.05) is 31.7 Å². The Kier molecular flexibility index (Phi) is 5.74. The Morgan fingerprint density at radius 2 is 1.93 bits per heavy atom. The van der Waals surface area contributed by atoms with E-state index < -0.39 is 0 Å². The SMILES string of the molecule is O=C(NCCCN1CCc2ccccc2C1)c1cc(-c2ccccc2Cl)n[nH]1. The lowest BCUT2D eigenvalue weighted by Gasteiger charge is -2.28. The van der Waals surface area contributed by atoms with E-state index in [1.165, 1.54) is 11.1 Å². The molecule has 2 N–H and O–H groups in total. The van der Waals surface area contributed by atoms with Crippen molar-refractivity contribution in [2.75, 3.05) is 19.6 Å². The van der Waals surface area contributed by atoms with Crippen LogP contribution >= 0.6 is 11.6 Å². The molecule has 3 aromatic rings. The molecule has 0 aliphatic carbocycles. The summed E-state index contributed by atoms with van der Waals surface area (Å²) in [4.78, 5) is 14.8. The first-order valence-corrected chi connectivity index (χ1v) is 9.96. The molecule has 28 heavy (non-hydrogen) atoms. The summed E-state index contributed by atoms with van der Waals surface area (Å²) in [6.07, 6.45) is 2.01. The minimum Gasteiger partial charge on any atom is -0.351 e. The molecule has 2 heterocycles. The van der Waals surface area contributed by atoms with Gasteiger partial charge in [-0.25, -0.2) is 0 Å². The smallest absolute Gasteiger partial charge is 0.269 e. The second kappa shape index (κ2) is 8.59. The summed E-state index contributed by atoms with van der Waals surface area (Å²) in [7, 11) is 0. The summed E-state index contributed by atoms with van der Waals surface area (Å²) < 4.78 is 0. The van der Waals surface area contributed by atoms with Crippen LogP contribution in [0.15, 0.2) is 54.6 Å². The summed E-state index contributed by atoms with van der Waals surface area (Å²) in [6, 6.07) is 17.8. The number of nitrogens with zero attached hydrogens (tertiary/aromatic N) is 2. The van der Waals surface area contributed by atoms with Crippen molar-refractivity contribution in [3.05, 3.63) is 76.4 Å². The molecule has 1 aliphatic rings. The number of aromatic amines is 1. The molecule has 0 saturated heterocycles. The average Bonchev–Trinajstić information content (AvgIpc) is 3.21. The Morgan fingerprint density at radius 3 is 2.79 bits per heavy atom. The number of benzene rings is 2. The van der Waals surface area contributed by atoms with E-state index in [-0.39, 0.29) is 5.91 Å². The molecule has 0 radical (unpaired) electrons. The lowest BCUT2D eigenvalue weighted by Crippen LogP contribution is -2.33. The third kappa shape index (κ3) is 4.26. The summed E-state index contributed by atoms with van der Waals surface area (Å²) in [5.74, 6) is -0.144. The van der Waals surface area contributed by atoms with Gasteiger partial charge < -0.3 is 5.32 Å². The number of nitrogens with one attached hydrogen (secondary N) is 2. The maximum atomic E-state index is 12.4. The molecule has 0 spiro atoms. The fourth-order valence-corrected chi connectivity index (χ4v) is 3.82. The monoisotopic (exact) mass is 394 g/mol. The van der Waals surface area contributed by atoms with Crippen LogP contribution in [0.4, 0.5) is 0 Å². The predicted octanol–water partition coefficient (Wildman–Crippen LogP) is 3.91. The summed E-state index contributed by atoms with van der Waals surface area (Å²) in [5.41, 5.74) is 4.80. The zero-order valence-corrected chi connectivity index (χ0v) is 16.4. The highest BCUT2D eigenvalue weighted by atomic mass is 35.5. The van der Waals surface area contributed by atoms with Gasteiger partial charge >= 0.3 is 0 Å². The van der Waals surface area contributed by atoms with Crippen molar-refractivity contribution < 1.29 is 4.79 Å². The molecule has 0 unspecified atom stereocenters. The molecule has 0 atom stereocenters. The van der Waals surface area contributed by atoms with Gasteiger partial charge in [-0.2, -0.15) is 5.10 Å². The fourth-order valence-electron chi connectivity index (χ4n) is 3.59. The molecule has 2 aromatic carbocycles. The van der Waals surface area contributed by atoms with Gasteiger partial charge in [0.05, 0.1) is 10.7 Å². The Hall–Kier alpha value is -2.63. The zero-order chi connectivity index (χ0) is 19.3. The quantitative estimate of drug-likeness (QED) is 0.623. The number of fused-ring (bicyclic) bond motifs is 1. The van der Waals surface area contributed by atoms with Gasteiger partial charge in [0.2, 0.25) is 0 Å². The number of carbonyl (C=O) groups excluding carboxylic acids is 1. The van der Waals surface area contributed by atoms with Crippen molar-refractivity contribution in [3.8, 4) is 11.3 Å². The fraction of sp³-hybridized carbons (Fsp3) is 0.273. The van der Waals surface area contributed by atoms with E-state index in [0.717, 1.165) is 38.0 Å². The molecule has 0 bridgehead atoms. The van der Waals surface area contributed by atoms with Crippen LogP contribution in [0.3, 0.4) is 0 Å². The number of amides is 1. The Balaban J connectivity index is 1.25. The van der Waals surface area contributed by atoms with Crippen molar-refractivity contribution >= 4 is 17.5 Å². The molecular weight excluding hydrogens is 372 g/mol. The normalized spacial score (nSPS) is 13.9. The van der Waals surface area contributed by atoms with Gasteiger partial charge in [0.15, 0.2) is 0 Å². The Labute approximate surface area is 169 Å². The lowest BCUT2D eigenvalue weighted by molar-refractivity contribution is 0.0946. The highest BCUT2D eigenvalue weighted by Crippen LogP contribution is 2.26. The van der Waals surface area contributed by atoms with Crippen LogP contribution in [0, 0.1) is 0 Å². The van der Waals surface area contributed by atoms with Crippen LogP contribution in [0.5, 0.6) is 0 Å². The number of carbonyl (C=O) groups is 1. The van der Waals surface area contributed by atoms with Gasteiger partial charge in [-0.05, 0) is 36.1 Å². The van der Waals surface area contributed by atoms with E-state index in [1.807, 2.05) is 24.3 Å². The molecule has 0 saturated carbocycles. The van der Waals surface area contributed by atoms with Crippen LogP contribution in [-0.2, 0) is 13.0 Å². The van der Waals surface area contributed by atoms with Crippen LogP contribution in [-0.4, -0.2) is 40.6 Å². The lowest BCUT2D eigenvalue weighted by atomic mass is 10.00. The van der Waals surface area contributed by atoms with Crippen molar-refractivity contribution in [1.29, 1.82) is 0 Å². The standard InChI is InChI=1S/C22H23ClN4O/c23-19-9-4-3-8-18(19)20-14-21(26-25-20)22(28)24-11-5-12-27-13-10-16-6-1-2-7-17(16)15-27/h1-4,6-9,14H,5,10-13,15H2,(H,24,28)(H,25,26). The minimum absolute atomic E-state index is 0.144. The number of hydrogen-bond donors (Lipinski definition) is 2. The van der Waals surface area contributed by atoms with E-state index in [0.29, 0.717) is 23.0 Å². The third-order valence-electron chi connectivity index (χ3n) is 5.12. The van der Waals surface area contributed by atoms with Gasteiger partial charge in [-0.1, -0.05) is 54.1 Å². The summed E-state index contributed by atoms with van der Waals surface area (Å²) in [5, 5.41) is 10.6. The van der Waals surface area contributed by atoms with Crippen molar-refractivity contribution in [2.45, 2.75) is 19.4 Å². The molecule has 1 aromatic heterocycles. The second-order valence-electron chi connectivity index (χ2n) is 7.05. The zero-order valence-electron chi connectivity index (χ0n) is 15.6. The molecular formula is C22H23ClN4O. The molecule has 4 rings (SSSR count). The van der Waals surface area contributed by atoms with Gasteiger partial charge in [0.1, 0.15) is 5.69 Å². The second-order valence-corrected chi connectivity index (χ2v) is 7.46. The molecule has 5 nitrogen and oxygen atoms in total. The molecule has 6 heteroatoms. The van der Waals surface area contributed by atoms with E-state index in [4.69, 9.17) is 11.6 Å². The van der Waals surface area contributed by atoms with Crippen LogP contribution in [0.25, 0.3) is 11.3 Å². The van der Waals surface area contributed by atoms with Gasteiger partial charge in [-0.15, -0.1) is 0 Å². The highest BCUT2D eigenvalue weighted by molar-refractivity contribution is 6.33. The summed E-state index contributed by atoms with van der Waals surface area (Å²) in [6.45, 7) is 3.68. The molecule has 1 aliphatic heterocycles. The van der Waals surface area contributed by atoms with Crippen LogP contribution < -0.4 is 5.32 Å². The van der Waals surface area contributed by atoms with E-state index >= 15 is 0 Å². The first-order valence-electron chi connectivity index (χ1n) is 9.58. The van der Waals surface area contributed by atoms with Crippen molar-refractivity contribution in [2.24, 2.45) is 0 Å². The predicted molar refractivity (Wildman–Crippen MR) is 111 cm³/mol. The Morgan fingerprint density at radius 1 is 1.14 bits per heavy atom. The number of aromatic nitrogens is 2. The van der Waals surface area contributed by atoms with Crippen LogP contribution in [0.2, 0.25) is 5.02 Å². The van der Waals surface area contributed by atoms with E-state index in [9.17, 15) is 4.79 Å². The minimum atomic E-state index is -0.144. The largest absolute Gasteiger partial charge is 0.351 e. The van der Waals surface area contributed by atoms with E-state index in [2.05, 4.69) is 44.7 Å². The number of hydrogen-bond acceptors (Lipinski definition) is 3. The molecule has 144 valence electrons. The average molecular weight is 395 g/mol. The first kappa shape index (κ1) is 18.7. The number of rotatable bonds is 6. The van der Waals surface area contributed by atoms with Crippen LogP contribution in [0.1, 0.15) is 28.0 Å². The number of halogens is 1. The first-order chi connectivity index (χ1) is 13.7. The Bertz CT molecular complexity index is 968. The summed E-state index contributed by atoms with van der Waals surface area (Å²) >= 11 is 6.20. The van der Waals surface area contributed by atoms with Gasteiger partial charge in [0.25, 0.3) is 5.91 Å². The maximum absolute atomic E-state index is 12.4. The third-order valence-corrected chi connectivity index (χ3v) is 5.45. The topological polar surface area (TPSA) is 61.0 Å². The van der Waals surface area contributed by atoms with Gasteiger partial charge in [-0.3, -0.25) is 14.8 Å². The maximum Gasteiger partial charge on any atom is 0.269 e. The molecule has 1 amide bonds.